The fourth-order valence-electron chi connectivity index (χ4n) is 1.73. The summed E-state index contributed by atoms with van der Waals surface area (Å²) in [5.74, 6) is -0.970. The minimum Gasteiger partial charge on any atom is -0.481 e. The minimum atomic E-state index is -0.889. The van der Waals surface area contributed by atoms with Crippen molar-refractivity contribution < 1.29 is 14.7 Å². The number of aliphatic carboxylic acids is 1. The van der Waals surface area contributed by atoms with Gasteiger partial charge in [0.25, 0.3) is 0 Å². The highest BCUT2D eigenvalue weighted by molar-refractivity contribution is 5.82. The molecule has 1 aliphatic rings. The summed E-state index contributed by atoms with van der Waals surface area (Å²) < 4.78 is 0. The molecule has 5 heteroatoms. The number of amides is 1. The summed E-state index contributed by atoms with van der Waals surface area (Å²) in [6, 6.07) is -0.450. The van der Waals surface area contributed by atoms with E-state index in [4.69, 9.17) is 5.11 Å². The number of carbonyl (C=O) groups excluding carboxylic acids is 1. The van der Waals surface area contributed by atoms with E-state index in [2.05, 4.69) is 10.6 Å². The van der Waals surface area contributed by atoms with E-state index in [0.717, 1.165) is 25.8 Å². The maximum absolute atomic E-state index is 11.6. The van der Waals surface area contributed by atoms with Crippen LogP contribution in [-0.2, 0) is 9.59 Å². The molecule has 0 aliphatic carbocycles. The minimum absolute atomic E-state index is 0.0293. The molecule has 1 rings (SSSR count). The molecule has 15 heavy (non-hydrogen) atoms. The molecule has 0 aromatic rings. The number of hydrogen-bond acceptors (Lipinski definition) is 3. The van der Waals surface area contributed by atoms with Gasteiger partial charge in [-0.25, -0.2) is 0 Å². The smallest absolute Gasteiger partial charge is 0.305 e. The Bertz CT molecular complexity index is 237. The largest absolute Gasteiger partial charge is 0.481 e. The molecule has 2 atom stereocenters. The van der Waals surface area contributed by atoms with E-state index in [-0.39, 0.29) is 24.4 Å². The van der Waals surface area contributed by atoms with E-state index in [9.17, 15) is 9.59 Å². The predicted octanol–water partition coefficient (Wildman–Crippen LogP) is 0.108. The van der Waals surface area contributed by atoms with Gasteiger partial charge in [0.05, 0.1) is 12.5 Å². The normalized spacial score (nSPS) is 23.1. The Morgan fingerprint density at radius 3 is 2.80 bits per heavy atom. The Balaban J connectivity index is 2.30. The van der Waals surface area contributed by atoms with E-state index in [0.29, 0.717) is 0 Å². The van der Waals surface area contributed by atoms with E-state index in [1.54, 1.807) is 6.92 Å². The lowest BCUT2D eigenvalue weighted by molar-refractivity contribution is -0.137. The first-order valence-electron chi connectivity index (χ1n) is 5.35. The Morgan fingerprint density at radius 1 is 1.53 bits per heavy atom. The van der Waals surface area contributed by atoms with Gasteiger partial charge in [-0.1, -0.05) is 6.42 Å². The number of hydrogen-bond donors (Lipinski definition) is 3. The molecular formula is C10H18N2O3. The van der Waals surface area contributed by atoms with Crippen LogP contribution >= 0.6 is 0 Å². The maximum atomic E-state index is 11.6. The first kappa shape index (κ1) is 12.0. The first-order chi connectivity index (χ1) is 7.09. The number of carboxylic acids is 1. The fourth-order valence-corrected chi connectivity index (χ4v) is 1.73. The summed E-state index contributed by atoms with van der Waals surface area (Å²) in [6.07, 6.45) is 2.97. The molecule has 86 valence electrons. The third kappa shape index (κ3) is 4.29. The van der Waals surface area contributed by atoms with Crippen LogP contribution in [0.1, 0.15) is 32.6 Å². The Kier molecular flexibility index (Phi) is 4.55. The van der Waals surface area contributed by atoms with E-state index < -0.39 is 5.97 Å². The molecule has 1 saturated heterocycles. The molecule has 0 aromatic heterocycles. The number of nitrogens with one attached hydrogen (secondary N) is 2. The lowest BCUT2D eigenvalue weighted by Gasteiger charge is -2.24. The Labute approximate surface area is 89.2 Å². The van der Waals surface area contributed by atoms with E-state index in [1.165, 1.54) is 0 Å². The van der Waals surface area contributed by atoms with Crippen molar-refractivity contribution in [2.45, 2.75) is 44.7 Å². The van der Waals surface area contributed by atoms with Crippen LogP contribution < -0.4 is 10.6 Å². The van der Waals surface area contributed by atoms with Gasteiger partial charge in [-0.05, 0) is 26.3 Å². The quantitative estimate of drug-likeness (QED) is 0.620. The van der Waals surface area contributed by atoms with Crippen molar-refractivity contribution in [2.24, 2.45) is 0 Å². The SMILES string of the molecule is CC(CC(=O)O)NC(=O)[C@@H]1CCCCN1. The lowest BCUT2D eigenvalue weighted by Crippen LogP contribution is -2.49. The second kappa shape index (κ2) is 5.70. The second-order valence-corrected chi connectivity index (χ2v) is 4.01. The first-order valence-corrected chi connectivity index (χ1v) is 5.35. The molecule has 0 saturated carbocycles. The highest BCUT2D eigenvalue weighted by Crippen LogP contribution is 2.07. The highest BCUT2D eigenvalue weighted by atomic mass is 16.4. The summed E-state index contributed by atoms with van der Waals surface area (Å²) in [5, 5.41) is 14.4. The molecule has 0 spiro atoms. The topological polar surface area (TPSA) is 78.4 Å². The van der Waals surface area contributed by atoms with Crippen LogP contribution in [0.2, 0.25) is 0 Å². The molecular weight excluding hydrogens is 196 g/mol. The molecule has 1 aliphatic heterocycles. The number of carbonyl (C=O) groups is 2. The molecule has 1 unspecified atom stereocenters. The van der Waals surface area contributed by atoms with Crippen molar-refractivity contribution >= 4 is 11.9 Å². The average molecular weight is 214 g/mol. The molecule has 0 bridgehead atoms. The predicted molar refractivity (Wildman–Crippen MR) is 55.5 cm³/mol. The van der Waals surface area contributed by atoms with Crippen LogP contribution in [0.5, 0.6) is 0 Å². The number of carboxylic acid groups (broad SMARTS) is 1. The third-order valence-electron chi connectivity index (χ3n) is 2.50. The third-order valence-corrected chi connectivity index (χ3v) is 2.50. The zero-order chi connectivity index (χ0) is 11.3. The van der Waals surface area contributed by atoms with Crippen LogP contribution in [0.15, 0.2) is 0 Å². The molecule has 0 radical (unpaired) electrons. The summed E-state index contributed by atoms with van der Waals surface area (Å²) in [5.41, 5.74) is 0. The molecule has 1 fully saturated rings. The van der Waals surface area contributed by atoms with E-state index >= 15 is 0 Å². The van der Waals surface area contributed by atoms with Crippen LogP contribution in [0.4, 0.5) is 0 Å². The van der Waals surface area contributed by atoms with E-state index in [1.807, 2.05) is 0 Å². The van der Waals surface area contributed by atoms with Crippen molar-refractivity contribution in [1.82, 2.24) is 10.6 Å². The summed E-state index contributed by atoms with van der Waals surface area (Å²) >= 11 is 0. The molecule has 1 amide bonds. The standard InChI is InChI=1S/C10H18N2O3/c1-7(6-9(13)14)12-10(15)8-4-2-3-5-11-8/h7-8,11H,2-6H2,1H3,(H,12,15)(H,13,14)/t7?,8-/m0/s1. The summed E-state index contributed by atoms with van der Waals surface area (Å²) in [6.45, 7) is 2.57. The van der Waals surface area contributed by atoms with Gasteiger partial charge in [0.1, 0.15) is 0 Å². The van der Waals surface area contributed by atoms with Gasteiger partial charge < -0.3 is 15.7 Å². The van der Waals surface area contributed by atoms with Gasteiger partial charge in [-0.2, -0.15) is 0 Å². The van der Waals surface area contributed by atoms with Crippen LogP contribution in [0, 0.1) is 0 Å². The highest BCUT2D eigenvalue weighted by Gasteiger charge is 2.22. The van der Waals surface area contributed by atoms with Crippen molar-refractivity contribution in [3.63, 3.8) is 0 Å². The van der Waals surface area contributed by atoms with Gasteiger partial charge in [0, 0.05) is 6.04 Å². The molecule has 5 nitrogen and oxygen atoms in total. The van der Waals surface area contributed by atoms with Gasteiger partial charge in [0.2, 0.25) is 5.91 Å². The van der Waals surface area contributed by atoms with Crippen molar-refractivity contribution in [3.05, 3.63) is 0 Å². The molecule has 3 N–H and O–H groups in total. The van der Waals surface area contributed by atoms with Crippen LogP contribution in [0.25, 0.3) is 0 Å². The Morgan fingerprint density at radius 2 is 2.27 bits per heavy atom. The lowest BCUT2D eigenvalue weighted by atomic mass is 10.0. The van der Waals surface area contributed by atoms with Crippen molar-refractivity contribution in [1.29, 1.82) is 0 Å². The second-order valence-electron chi connectivity index (χ2n) is 4.01. The van der Waals surface area contributed by atoms with Gasteiger partial charge in [-0.3, -0.25) is 9.59 Å². The molecule has 0 aromatic carbocycles. The van der Waals surface area contributed by atoms with Crippen LogP contribution in [0.3, 0.4) is 0 Å². The Hall–Kier alpha value is -1.10. The van der Waals surface area contributed by atoms with Crippen molar-refractivity contribution in [2.75, 3.05) is 6.54 Å². The monoisotopic (exact) mass is 214 g/mol. The van der Waals surface area contributed by atoms with Crippen LogP contribution in [-0.4, -0.2) is 35.6 Å². The molecule has 1 heterocycles. The maximum Gasteiger partial charge on any atom is 0.305 e. The average Bonchev–Trinajstić information content (AvgIpc) is 2.17. The summed E-state index contributed by atoms with van der Waals surface area (Å²) in [7, 11) is 0. The van der Waals surface area contributed by atoms with Gasteiger partial charge in [-0.15, -0.1) is 0 Å². The summed E-state index contributed by atoms with van der Waals surface area (Å²) in [4.78, 5) is 22.0. The number of rotatable bonds is 4. The van der Waals surface area contributed by atoms with Gasteiger partial charge in [0.15, 0.2) is 0 Å². The zero-order valence-electron chi connectivity index (χ0n) is 8.95. The van der Waals surface area contributed by atoms with Gasteiger partial charge >= 0.3 is 5.97 Å². The van der Waals surface area contributed by atoms with Crippen molar-refractivity contribution in [3.8, 4) is 0 Å². The zero-order valence-corrected chi connectivity index (χ0v) is 8.95. The number of piperidine rings is 1. The fraction of sp³-hybridized carbons (Fsp3) is 0.800.